The molecule has 2 heteroatoms. The quantitative estimate of drug-likeness (QED) is 0.586. The van der Waals surface area contributed by atoms with Gasteiger partial charge in [0.05, 0.1) is 11.1 Å². The zero-order valence-corrected chi connectivity index (χ0v) is 11.9. The number of hydrogen-bond acceptors (Lipinski definition) is 0. The van der Waals surface area contributed by atoms with Crippen molar-refractivity contribution >= 4 is 5.52 Å². The average Bonchev–Trinajstić information content (AvgIpc) is 2.70. The zero-order chi connectivity index (χ0) is 13.6. The van der Waals surface area contributed by atoms with Gasteiger partial charge in [-0.3, -0.25) is 0 Å². The highest BCUT2D eigenvalue weighted by atomic mass is 14.9. The van der Waals surface area contributed by atoms with E-state index in [1.54, 1.807) is 0 Å². The van der Waals surface area contributed by atoms with Crippen LogP contribution in [0, 0.1) is 20.8 Å². The fourth-order valence-electron chi connectivity index (χ4n) is 2.78. The molecule has 0 saturated heterocycles. The van der Waals surface area contributed by atoms with E-state index in [0.717, 1.165) is 0 Å². The SMILES string of the molecule is Cc1cc[n+](C)c(-c2c(C)cn3cccc(C)c23)c1. The number of aryl methyl sites for hydroxylation is 4. The number of hydrogen-bond donors (Lipinski definition) is 0. The van der Waals surface area contributed by atoms with Crippen LogP contribution in [-0.4, -0.2) is 4.40 Å². The first kappa shape index (κ1) is 12.0. The maximum absolute atomic E-state index is 2.26. The van der Waals surface area contributed by atoms with Gasteiger partial charge in [-0.15, -0.1) is 0 Å². The minimum atomic E-state index is 1.27. The molecule has 0 bridgehead atoms. The number of fused-ring (bicyclic) bond motifs is 1. The molecule has 19 heavy (non-hydrogen) atoms. The molecule has 0 aromatic carbocycles. The van der Waals surface area contributed by atoms with Crippen LogP contribution in [0.5, 0.6) is 0 Å². The van der Waals surface area contributed by atoms with Crippen molar-refractivity contribution in [1.29, 1.82) is 0 Å². The van der Waals surface area contributed by atoms with Gasteiger partial charge < -0.3 is 4.40 Å². The van der Waals surface area contributed by atoms with Crippen LogP contribution in [0.4, 0.5) is 0 Å². The summed E-state index contributed by atoms with van der Waals surface area (Å²) in [6.45, 7) is 6.50. The lowest BCUT2D eigenvalue weighted by molar-refractivity contribution is -0.660. The van der Waals surface area contributed by atoms with Gasteiger partial charge in [-0.2, -0.15) is 0 Å². The van der Waals surface area contributed by atoms with Crippen LogP contribution in [0.1, 0.15) is 16.7 Å². The van der Waals surface area contributed by atoms with Crippen LogP contribution >= 0.6 is 0 Å². The standard InChI is InChI=1S/C17H19N2/c1-12-7-9-18(4)15(10-12)16-14(3)11-19-8-5-6-13(2)17(16)19/h5-11H,1-4H3/q+1. The molecule has 0 atom stereocenters. The number of rotatable bonds is 1. The third-order valence-corrected chi connectivity index (χ3v) is 3.75. The Balaban J connectivity index is 2.42. The lowest BCUT2D eigenvalue weighted by Crippen LogP contribution is -2.30. The molecule has 0 radical (unpaired) electrons. The second-order valence-corrected chi connectivity index (χ2v) is 5.33. The summed E-state index contributed by atoms with van der Waals surface area (Å²) in [5, 5.41) is 0. The third kappa shape index (κ3) is 1.84. The second-order valence-electron chi connectivity index (χ2n) is 5.33. The van der Waals surface area contributed by atoms with Gasteiger partial charge in [-0.25, -0.2) is 4.57 Å². The van der Waals surface area contributed by atoms with Crippen LogP contribution < -0.4 is 4.57 Å². The second kappa shape index (κ2) is 4.23. The summed E-state index contributed by atoms with van der Waals surface area (Å²) in [6, 6.07) is 8.68. The van der Waals surface area contributed by atoms with Gasteiger partial charge >= 0.3 is 0 Å². The molecule has 0 amide bonds. The highest BCUT2D eigenvalue weighted by Gasteiger charge is 2.18. The highest BCUT2D eigenvalue weighted by molar-refractivity contribution is 5.83. The van der Waals surface area contributed by atoms with Crippen LogP contribution in [0.15, 0.2) is 42.9 Å². The van der Waals surface area contributed by atoms with Crippen molar-refractivity contribution in [3.05, 3.63) is 59.5 Å². The van der Waals surface area contributed by atoms with Crippen molar-refractivity contribution in [3.63, 3.8) is 0 Å². The smallest absolute Gasteiger partial charge is 0.214 e. The van der Waals surface area contributed by atoms with Crippen molar-refractivity contribution in [3.8, 4) is 11.3 Å². The van der Waals surface area contributed by atoms with Crippen LogP contribution in [0.25, 0.3) is 16.8 Å². The van der Waals surface area contributed by atoms with E-state index in [-0.39, 0.29) is 0 Å². The van der Waals surface area contributed by atoms with Crippen LogP contribution in [0.2, 0.25) is 0 Å². The lowest BCUT2D eigenvalue weighted by Gasteiger charge is -2.04. The Kier molecular flexibility index (Phi) is 2.67. The first-order chi connectivity index (χ1) is 9.08. The van der Waals surface area contributed by atoms with E-state index >= 15 is 0 Å². The Morgan fingerprint density at radius 3 is 2.63 bits per heavy atom. The molecule has 0 saturated carbocycles. The van der Waals surface area contributed by atoms with E-state index in [2.05, 4.69) is 79.6 Å². The molecule has 3 aromatic rings. The lowest BCUT2D eigenvalue weighted by atomic mass is 10.0. The first-order valence-corrected chi connectivity index (χ1v) is 6.61. The summed E-state index contributed by atoms with van der Waals surface area (Å²) in [6.07, 6.45) is 6.46. The molecule has 0 unspecified atom stereocenters. The van der Waals surface area contributed by atoms with Crippen LogP contribution in [-0.2, 0) is 7.05 Å². The topological polar surface area (TPSA) is 8.29 Å². The molecule has 3 aromatic heterocycles. The number of pyridine rings is 2. The van der Waals surface area contributed by atoms with Gasteiger partial charge in [-0.05, 0) is 43.5 Å². The Morgan fingerprint density at radius 2 is 1.84 bits per heavy atom. The molecule has 96 valence electrons. The van der Waals surface area contributed by atoms with Gasteiger partial charge in [-0.1, -0.05) is 6.07 Å². The first-order valence-electron chi connectivity index (χ1n) is 6.61. The number of aromatic nitrogens is 2. The summed E-state index contributed by atoms with van der Waals surface area (Å²) < 4.78 is 4.42. The average molecular weight is 251 g/mol. The maximum Gasteiger partial charge on any atom is 0.214 e. The monoisotopic (exact) mass is 251 g/mol. The van der Waals surface area contributed by atoms with E-state index in [0.29, 0.717) is 0 Å². The summed E-state index contributed by atoms with van der Waals surface area (Å²) >= 11 is 0. The Hall–Kier alpha value is -2.09. The minimum Gasteiger partial charge on any atom is -0.322 e. The van der Waals surface area contributed by atoms with Gasteiger partial charge in [0.15, 0.2) is 6.20 Å². The fraction of sp³-hybridized carbons (Fsp3) is 0.235. The Morgan fingerprint density at radius 1 is 1.05 bits per heavy atom. The van der Waals surface area contributed by atoms with E-state index in [9.17, 15) is 0 Å². The normalized spacial score (nSPS) is 11.2. The van der Waals surface area contributed by atoms with Crippen molar-refractivity contribution in [2.75, 3.05) is 0 Å². The predicted molar refractivity (Wildman–Crippen MR) is 78.2 cm³/mol. The van der Waals surface area contributed by atoms with Gasteiger partial charge in [0.2, 0.25) is 5.69 Å². The molecule has 3 heterocycles. The van der Waals surface area contributed by atoms with Crippen molar-refractivity contribution < 1.29 is 4.57 Å². The highest BCUT2D eigenvalue weighted by Crippen LogP contribution is 2.29. The molecule has 2 nitrogen and oxygen atoms in total. The third-order valence-electron chi connectivity index (χ3n) is 3.75. The molecule has 3 rings (SSSR count). The molecule has 0 fully saturated rings. The summed E-state index contributed by atoms with van der Waals surface area (Å²) in [7, 11) is 2.11. The predicted octanol–water partition coefficient (Wildman–Crippen LogP) is 3.36. The van der Waals surface area contributed by atoms with E-state index in [1.807, 2.05) is 0 Å². The molecular weight excluding hydrogens is 232 g/mol. The summed E-state index contributed by atoms with van der Waals surface area (Å²) in [4.78, 5) is 0. The van der Waals surface area contributed by atoms with Gasteiger partial charge in [0, 0.05) is 24.5 Å². The largest absolute Gasteiger partial charge is 0.322 e. The Labute approximate surface area is 113 Å². The van der Waals surface area contributed by atoms with E-state index in [1.165, 1.54) is 33.5 Å². The van der Waals surface area contributed by atoms with Crippen molar-refractivity contribution in [2.45, 2.75) is 20.8 Å². The molecule has 0 spiro atoms. The summed E-state index contributed by atoms with van der Waals surface area (Å²) in [5.41, 5.74) is 7.84. The fourth-order valence-corrected chi connectivity index (χ4v) is 2.78. The number of nitrogens with zero attached hydrogens (tertiary/aromatic N) is 2. The molecule has 0 aliphatic carbocycles. The molecule has 0 N–H and O–H groups in total. The maximum atomic E-state index is 2.26. The minimum absolute atomic E-state index is 1.27. The van der Waals surface area contributed by atoms with Crippen LogP contribution in [0.3, 0.4) is 0 Å². The van der Waals surface area contributed by atoms with Gasteiger partial charge in [0.1, 0.15) is 7.05 Å². The van der Waals surface area contributed by atoms with E-state index < -0.39 is 0 Å². The van der Waals surface area contributed by atoms with E-state index in [4.69, 9.17) is 0 Å². The Bertz CT molecular complexity index is 766. The van der Waals surface area contributed by atoms with Gasteiger partial charge in [0.25, 0.3) is 0 Å². The molecule has 0 aliphatic heterocycles. The summed E-state index contributed by atoms with van der Waals surface area (Å²) in [5.74, 6) is 0. The van der Waals surface area contributed by atoms with Crippen molar-refractivity contribution in [2.24, 2.45) is 7.05 Å². The van der Waals surface area contributed by atoms with Crippen molar-refractivity contribution in [1.82, 2.24) is 4.40 Å². The molecular formula is C17H19N2+. The zero-order valence-electron chi connectivity index (χ0n) is 11.9. The molecule has 0 aliphatic rings.